The first-order valence-corrected chi connectivity index (χ1v) is 8.66. The van der Waals surface area contributed by atoms with E-state index in [0.29, 0.717) is 18.2 Å². The Morgan fingerprint density at radius 1 is 1.43 bits per heavy atom. The first-order chi connectivity index (χ1) is 11.1. The zero-order valence-corrected chi connectivity index (χ0v) is 14.2. The van der Waals surface area contributed by atoms with E-state index in [1.807, 2.05) is 25.3 Å². The van der Waals surface area contributed by atoms with Gasteiger partial charge in [-0.25, -0.2) is 4.79 Å². The van der Waals surface area contributed by atoms with E-state index >= 15 is 0 Å². The average molecular weight is 333 g/mol. The standard InChI is InChI=1S/C15H19N5O2S/c1-10(23-3)16-22-9-13-12(11-7-8-11)5-4-6-14(13)20-15(21)19(2)17-18-20/h4-6,11H,7-9H2,1-3H3. The molecule has 1 aromatic carbocycles. The van der Waals surface area contributed by atoms with Crippen molar-refractivity contribution in [2.45, 2.75) is 32.3 Å². The summed E-state index contributed by atoms with van der Waals surface area (Å²) >= 11 is 1.53. The molecule has 0 unspecified atom stereocenters. The molecule has 0 atom stereocenters. The van der Waals surface area contributed by atoms with Gasteiger partial charge in [-0.1, -0.05) is 17.3 Å². The highest BCUT2D eigenvalue weighted by Crippen LogP contribution is 2.42. The van der Waals surface area contributed by atoms with Crippen molar-refractivity contribution >= 4 is 16.8 Å². The fourth-order valence-corrected chi connectivity index (χ4v) is 2.54. The second kappa shape index (κ2) is 6.57. The van der Waals surface area contributed by atoms with Crippen LogP contribution < -0.4 is 5.69 Å². The Balaban J connectivity index is 2.00. The zero-order chi connectivity index (χ0) is 16.4. The average Bonchev–Trinajstić information content (AvgIpc) is 3.35. The highest BCUT2D eigenvalue weighted by Gasteiger charge is 2.28. The van der Waals surface area contributed by atoms with Crippen molar-refractivity contribution in [1.82, 2.24) is 19.8 Å². The maximum absolute atomic E-state index is 12.2. The van der Waals surface area contributed by atoms with Gasteiger partial charge in [-0.3, -0.25) is 0 Å². The van der Waals surface area contributed by atoms with E-state index in [9.17, 15) is 4.79 Å². The van der Waals surface area contributed by atoms with Crippen molar-refractivity contribution in [2.24, 2.45) is 12.2 Å². The lowest BCUT2D eigenvalue weighted by Crippen LogP contribution is -2.23. The molecule has 3 rings (SSSR count). The number of aryl methyl sites for hydroxylation is 1. The van der Waals surface area contributed by atoms with Crippen LogP contribution in [0.15, 0.2) is 28.1 Å². The van der Waals surface area contributed by atoms with Crippen LogP contribution in [0.5, 0.6) is 0 Å². The third-order valence-electron chi connectivity index (χ3n) is 3.85. The molecular formula is C15H19N5O2S. The Morgan fingerprint density at radius 2 is 2.22 bits per heavy atom. The van der Waals surface area contributed by atoms with Gasteiger partial charge in [-0.05, 0) is 54.0 Å². The van der Waals surface area contributed by atoms with Crippen LogP contribution in [0.4, 0.5) is 0 Å². The monoisotopic (exact) mass is 333 g/mol. The van der Waals surface area contributed by atoms with Crippen LogP contribution in [0.25, 0.3) is 5.69 Å². The molecule has 1 aliphatic rings. The van der Waals surface area contributed by atoms with Gasteiger partial charge in [-0.2, -0.15) is 9.36 Å². The lowest BCUT2D eigenvalue weighted by Gasteiger charge is -2.12. The molecule has 2 aromatic rings. The Kier molecular flexibility index (Phi) is 4.51. The fraction of sp³-hybridized carbons (Fsp3) is 0.467. The minimum atomic E-state index is -0.275. The maximum Gasteiger partial charge on any atom is 0.368 e. The topological polar surface area (TPSA) is 74.3 Å². The van der Waals surface area contributed by atoms with Gasteiger partial charge in [0.2, 0.25) is 0 Å². The largest absolute Gasteiger partial charge is 0.390 e. The summed E-state index contributed by atoms with van der Waals surface area (Å²) in [4.78, 5) is 17.7. The lowest BCUT2D eigenvalue weighted by molar-refractivity contribution is 0.130. The van der Waals surface area contributed by atoms with Crippen LogP contribution in [0.1, 0.15) is 36.8 Å². The second-order valence-electron chi connectivity index (χ2n) is 5.50. The van der Waals surface area contributed by atoms with Gasteiger partial charge in [0.1, 0.15) is 11.7 Å². The first-order valence-electron chi connectivity index (χ1n) is 7.43. The Hall–Kier alpha value is -2.09. The summed E-state index contributed by atoms with van der Waals surface area (Å²) in [5, 5.41) is 12.7. The third-order valence-corrected chi connectivity index (χ3v) is 4.52. The predicted octanol–water partition coefficient (Wildman–Crippen LogP) is 2.06. The van der Waals surface area contributed by atoms with Crippen molar-refractivity contribution in [2.75, 3.05) is 6.26 Å². The molecule has 1 aromatic heterocycles. The van der Waals surface area contributed by atoms with E-state index in [-0.39, 0.29) is 5.69 Å². The van der Waals surface area contributed by atoms with Crippen LogP contribution >= 0.6 is 11.8 Å². The number of aromatic nitrogens is 4. The summed E-state index contributed by atoms with van der Waals surface area (Å²) < 4.78 is 2.53. The molecule has 8 heteroatoms. The summed E-state index contributed by atoms with van der Waals surface area (Å²) in [6, 6.07) is 5.90. The van der Waals surface area contributed by atoms with E-state index < -0.39 is 0 Å². The number of thioether (sulfide) groups is 1. The smallest absolute Gasteiger partial charge is 0.368 e. The SMILES string of the molecule is CSC(C)=NOCc1c(C2CC2)cccc1-n1nnn(C)c1=O. The molecule has 122 valence electrons. The minimum Gasteiger partial charge on any atom is -0.390 e. The van der Waals surface area contributed by atoms with Gasteiger partial charge in [0.25, 0.3) is 0 Å². The van der Waals surface area contributed by atoms with Crippen molar-refractivity contribution in [1.29, 1.82) is 0 Å². The molecule has 0 spiro atoms. The quantitative estimate of drug-likeness (QED) is 0.476. The molecule has 1 aliphatic carbocycles. The molecule has 0 bridgehead atoms. The Bertz CT molecular complexity index is 791. The predicted molar refractivity (Wildman–Crippen MR) is 90.0 cm³/mol. The molecule has 1 saturated carbocycles. The fourth-order valence-electron chi connectivity index (χ4n) is 2.41. The number of rotatable bonds is 5. The number of tetrazole rings is 1. The highest BCUT2D eigenvalue weighted by atomic mass is 32.2. The molecule has 23 heavy (non-hydrogen) atoms. The highest BCUT2D eigenvalue weighted by molar-refractivity contribution is 8.13. The van der Waals surface area contributed by atoms with Crippen molar-refractivity contribution in [3.8, 4) is 5.69 Å². The number of oxime groups is 1. The maximum atomic E-state index is 12.2. The number of benzene rings is 1. The normalized spacial score (nSPS) is 15.0. The van der Waals surface area contributed by atoms with E-state index in [0.717, 1.165) is 10.6 Å². The molecule has 0 radical (unpaired) electrons. The molecule has 7 nitrogen and oxygen atoms in total. The van der Waals surface area contributed by atoms with Gasteiger partial charge in [0.05, 0.1) is 5.69 Å². The molecule has 1 heterocycles. The van der Waals surface area contributed by atoms with Gasteiger partial charge >= 0.3 is 5.69 Å². The van der Waals surface area contributed by atoms with Crippen LogP contribution in [-0.2, 0) is 18.5 Å². The second-order valence-corrected chi connectivity index (χ2v) is 6.50. The van der Waals surface area contributed by atoms with E-state index in [2.05, 4.69) is 21.6 Å². The minimum absolute atomic E-state index is 0.275. The number of nitrogens with zero attached hydrogens (tertiary/aromatic N) is 5. The van der Waals surface area contributed by atoms with Crippen molar-refractivity contribution in [3.63, 3.8) is 0 Å². The zero-order valence-electron chi connectivity index (χ0n) is 13.4. The van der Waals surface area contributed by atoms with Crippen LogP contribution in [0, 0.1) is 0 Å². The van der Waals surface area contributed by atoms with Gasteiger partial charge in [0, 0.05) is 12.6 Å². The lowest BCUT2D eigenvalue weighted by atomic mass is 10.0. The summed E-state index contributed by atoms with van der Waals surface area (Å²) in [5.74, 6) is 0.534. The van der Waals surface area contributed by atoms with Crippen LogP contribution in [-0.4, -0.2) is 31.1 Å². The van der Waals surface area contributed by atoms with Gasteiger partial charge in [-0.15, -0.1) is 11.8 Å². The first kappa shape index (κ1) is 15.8. The summed E-state index contributed by atoms with van der Waals surface area (Å²) in [6.45, 7) is 2.20. The number of hydrogen-bond donors (Lipinski definition) is 0. The summed E-state index contributed by atoms with van der Waals surface area (Å²) in [7, 11) is 1.58. The van der Waals surface area contributed by atoms with Crippen molar-refractivity contribution < 1.29 is 4.84 Å². The Morgan fingerprint density at radius 3 is 2.83 bits per heavy atom. The molecule has 1 fully saturated rings. The van der Waals surface area contributed by atoms with E-state index in [1.165, 1.54) is 39.5 Å². The summed E-state index contributed by atoms with van der Waals surface area (Å²) in [5.41, 5.74) is 2.60. The van der Waals surface area contributed by atoms with Gasteiger partial charge < -0.3 is 4.84 Å². The van der Waals surface area contributed by atoms with E-state index in [4.69, 9.17) is 4.84 Å². The molecular weight excluding hydrogens is 314 g/mol. The van der Waals surface area contributed by atoms with E-state index in [1.54, 1.807) is 7.05 Å². The molecule has 0 amide bonds. The summed E-state index contributed by atoms with van der Waals surface area (Å²) in [6.07, 6.45) is 4.28. The van der Waals surface area contributed by atoms with Crippen LogP contribution in [0.3, 0.4) is 0 Å². The number of hydrogen-bond acceptors (Lipinski definition) is 6. The van der Waals surface area contributed by atoms with Crippen LogP contribution in [0.2, 0.25) is 0 Å². The van der Waals surface area contributed by atoms with Crippen molar-refractivity contribution in [3.05, 3.63) is 39.8 Å². The van der Waals surface area contributed by atoms with Gasteiger partial charge in [0.15, 0.2) is 0 Å². The molecule has 0 aliphatic heterocycles. The molecule has 0 N–H and O–H groups in total. The molecule has 0 saturated heterocycles. The Labute approximate surface area is 138 Å². The third kappa shape index (κ3) is 3.31.